The largest absolute Gasteiger partial charge is 0.272 e. The van der Waals surface area contributed by atoms with Crippen molar-refractivity contribution in [2.75, 3.05) is 0 Å². The van der Waals surface area contributed by atoms with Crippen molar-refractivity contribution in [1.82, 2.24) is 14.8 Å². The summed E-state index contributed by atoms with van der Waals surface area (Å²) in [6, 6.07) is 8.52. The van der Waals surface area contributed by atoms with E-state index in [-0.39, 0.29) is 0 Å². The number of aromatic nitrogens is 3. The minimum atomic E-state index is 0.600. The van der Waals surface area contributed by atoms with Gasteiger partial charge in [0.2, 0.25) is 0 Å². The fourth-order valence-corrected chi connectivity index (χ4v) is 2.15. The molecule has 2 aromatic rings. The highest BCUT2D eigenvalue weighted by atomic mass is 32.1. The second-order valence-electron chi connectivity index (χ2n) is 4.31. The molecule has 0 saturated carbocycles. The quantitative estimate of drug-likeness (QED) is 0.838. The number of H-pyrrole nitrogens is 1. The van der Waals surface area contributed by atoms with Crippen molar-refractivity contribution < 1.29 is 0 Å². The summed E-state index contributed by atoms with van der Waals surface area (Å²) in [5.41, 5.74) is 2.43. The van der Waals surface area contributed by atoms with E-state index in [1.54, 1.807) is 0 Å². The van der Waals surface area contributed by atoms with E-state index in [9.17, 15) is 0 Å². The van der Waals surface area contributed by atoms with E-state index in [4.69, 9.17) is 12.2 Å². The topological polar surface area (TPSA) is 33.6 Å². The fraction of sp³-hybridized carbons (Fsp3) is 0.385. The first-order valence-electron chi connectivity index (χ1n) is 5.87. The molecule has 0 saturated heterocycles. The molecule has 1 N–H and O–H groups in total. The molecule has 0 fully saturated rings. The summed E-state index contributed by atoms with van der Waals surface area (Å²) in [5, 5.41) is 6.91. The Balaban J connectivity index is 2.39. The van der Waals surface area contributed by atoms with Gasteiger partial charge in [-0.05, 0) is 49.2 Å². The zero-order valence-corrected chi connectivity index (χ0v) is 11.2. The van der Waals surface area contributed by atoms with Gasteiger partial charge in [-0.15, -0.1) is 0 Å². The molecule has 1 unspecified atom stereocenters. The first-order chi connectivity index (χ1) is 8.13. The van der Waals surface area contributed by atoms with E-state index in [2.05, 4.69) is 48.3 Å². The van der Waals surface area contributed by atoms with Gasteiger partial charge >= 0.3 is 0 Å². The monoisotopic (exact) mass is 247 g/mol. The smallest absolute Gasteiger partial charge is 0.199 e. The van der Waals surface area contributed by atoms with Gasteiger partial charge in [0, 0.05) is 5.69 Å². The summed E-state index contributed by atoms with van der Waals surface area (Å²) < 4.78 is 2.58. The number of hydrogen-bond acceptors (Lipinski definition) is 2. The Labute approximate surface area is 106 Å². The van der Waals surface area contributed by atoms with Gasteiger partial charge in [-0.2, -0.15) is 5.10 Å². The van der Waals surface area contributed by atoms with E-state index < -0.39 is 0 Å². The summed E-state index contributed by atoms with van der Waals surface area (Å²) in [4.78, 5) is 0. The van der Waals surface area contributed by atoms with Gasteiger partial charge in [0.05, 0.1) is 0 Å². The predicted molar refractivity (Wildman–Crippen MR) is 72.2 cm³/mol. The van der Waals surface area contributed by atoms with Gasteiger partial charge in [-0.3, -0.25) is 9.67 Å². The van der Waals surface area contributed by atoms with Crippen LogP contribution in [0.1, 0.15) is 37.6 Å². The van der Waals surface area contributed by atoms with E-state index in [0.717, 1.165) is 17.9 Å². The molecule has 90 valence electrons. The fourth-order valence-electron chi connectivity index (χ4n) is 1.87. The van der Waals surface area contributed by atoms with E-state index >= 15 is 0 Å². The minimum Gasteiger partial charge on any atom is -0.272 e. The zero-order valence-electron chi connectivity index (χ0n) is 10.4. The van der Waals surface area contributed by atoms with Gasteiger partial charge in [0.25, 0.3) is 0 Å². The standard InChI is InChI=1S/C13H17N3S/c1-4-9(2)11-5-7-12(8-6-11)16-10(3)14-15-13(16)17/h5-9H,4H2,1-3H3,(H,15,17). The highest BCUT2D eigenvalue weighted by Crippen LogP contribution is 2.20. The van der Waals surface area contributed by atoms with Crippen molar-refractivity contribution in [2.24, 2.45) is 0 Å². The summed E-state index contributed by atoms with van der Waals surface area (Å²) >= 11 is 5.21. The van der Waals surface area contributed by atoms with Crippen LogP contribution in [-0.2, 0) is 0 Å². The van der Waals surface area contributed by atoms with Gasteiger partial charge in [0.1, 0.15) is 5.82 Å². The SMILES string of the molecule is CCC(C)c1ccc(-n2c(C)n[nH]c2=S)cc1. The number of rotatable bonds is 3. The Morgan fingerprint density at radius 3 is 2.47 bits per heavy atom. The second-order valence-corrected chi connectivity index (χ2v) is 4.70. The molecule has 1 aromatic heterocycles. The molecule has 17 heavy (non-hydrogen) atoms. The van der Waals surface area contributed by atoms with Crippen LogP contribution in [0.5, 0.6) is 0 Å². The molecule has 0 bridgehead atoms. The molecule has 4 heteroatoms. The van der Waals surface area contributed by atoms with Crippen molar-refractivity contribution in [1.29, 1.82) is 0 Å². The molecule has 2 rings (SSSR count). The van der Waals surface area contributed by atoms with Crippen molar-refractivity contribution in [3.63, 3.8) is 0 Å². The van der Waals surface area contributed by atoms with Gasteiger partial charge in [0.15, 0.2) is 4.77 Å². The molecule has 0 spiro atoms. The molecule has 1 heterocycles. The first-order valence-corrected chi connectivity index (χ1v) is 6.28. The Bertz CT molecular complexity index is 551. The highest BCUT2D eigenvalue weighted by Gasteiger charge is 2.06. The van der Waals surface area contributed by atoms with Crippen LogP contribution in [0.25, 0.3) is 5.69 Å². The molecular formula is C13H17N3S. The van der Waals surface area contributed by atoms with Crippen LogP contribution in [0.15, 0.2) is 24.3 Å². The molecule has 0 radical (unpaired) electrons. The van der Waals surface area contributed by atoms with Crippen molar-refractivity contribution >= 4 is 12.2 Å². The first kappa shape index (κ1) is 12.0. The molecule has 0 amide bonds. The predicted octanol–water partition coefficient (Wildman–Crippen LogP) is 3.75. The third kappa shape index (κ3) is 2.31. The lowest BCUT2D eigenvalue weighted by Gasteiger charge is -2.10. The number of hydrogen-bond donors (Lipinski definition) is 1. The molecule has 1 aromatic carbocycles. The van der Waals surface area contributed by atoms with Gasteiger partial charge in [-0.1, -0.05) is 26.0 Å². The second kappa shape index (κ2) is 4.84. The Morgan fingerprint density at radius 2 is 2.00 bits per heavy atom. The maximum absolute atomic E-state index is 5.21. The van der Waals surface area contributed by atoms with Gasteiger partial charge < -0.3 is 0 Å². The van der Waals surface area contributed by atoms with Crippen molar-refractivity contribution in [3.05, 3.63) is 40.4 Å². The average Bonchev–Trinajstić information content (AvgIpc) is 2.68. The van der Waals surface area contributed by atoms with E-state index in [1.165, 1.54) is 5.56 Å². The normalized spacial score (nSPS) is 12.6. The van der Waals surface area contributed by atoms with Crippen LogP contribution in [0.2, 0.25) is 0 Å². The van der Waals surface area contributed by atoms with Crippen molar-refractivity contribution in [3.8, 4) is 5.69 Å². The Kier molecular flexibility index (Phi) is 3.43. The summed E-state index contributed by atoms with van der Waals surface area (Å²) in [5.74, 6) is 1.48. The maximum atomic E-state index is 5.21. The lowest BCUT2D eigenvalue weighted by molar-refractivity contribution is 0.733. The zero-order chi connectivity index (χ0) is 12.4. The van der Waals surface area contributed by atoms with E-state index in [0.29, 0.717) is 10.7 Å². The number of aromatic amines is 1. The van der Waals surface area contributed by atoms with E-state index in [1.807, 2.05) is 11.5 Å². The summed E-state index contributed by atoms with van der Waals surface area (Å²) in [7, 11) is 0. The number of nitrogens with one attached hydrogen (secondary N) is 1. The lowest BCUT2D eigenvalue weighted by Crippen LogP contribution is -1.98. The number of nitrogens with zero attached hydrogens (tertiary/aromatic N) is 2. The summed E-state index contributed by atoms with van der Waals surface area (Å²) in [6.45, 7) is 6.38. The lowest BCUT2D eigenvalue weighted by atomic mass is 9.99. The Hall–Kier alpha value is -1.42. The Morgan fingerprint density at radius 1 is 1.35 bits per heavy atom. The van der Waals surface area contributed by atoms with Crippen LogP contribution in [-0.4, -0.2) is 14.8 Å². The summed E-state index contributed by atoms with van der Waals surface area (Å²) in [6.07, 6.45) is 1.16. The third-order valence-electron chi connectivity index (χ3n) is 3.17. The molecule has 3 nitrogen and oxygen atoms in total. The molecule has 0 aliphatic rings. The van der Waals surface area contributed by atoms with Crippen LogP contribution in [0.3, 0.4) is 0 Å². The third-order valence-corrected chi connectivity index (χ3v) is 3.45. The van der Waals surface area contributed by atoms with Crippen LogP contribution < -0.4 is 0 Å². The molecule has 0 aliphatic heterocycles. The van der Waals surface area contributed by atoms with Crippen LogP contribution in [0, 0.1) is 11.7 Å². The van der Waals surface area contributed by atoms with Crippen molar-refractivity contribution in [2.45, 2.75) is 33.1 Å². The molecule has 1 atom stereocenters. The number of benzene rings is 1. The average molecular weight is 247 g/mol. The highest BCUT2D eigenvalue weighted by molar-refractivity contribution is 7.71. The van der Waals surface area contributed by atoms with Crippen LogP contribution >= 0.6 is 12.2 Å². The molecule has 0 aliphatic carbocycles. The maximum Gasteiger partial charge on any atom is 0.199 e. The number of aryl methyl sites for hydroxylation is 1. The molecular weight excluding hydrogens is 230 g/mol. The van der Waals surface area contributed by atoms with Gasteiger partial charge in [-0.25, -0.2) is 0 Å². The minimum absolute atomic E-state index is 0.600. The van der Waals surface area contributed by atoms with Crippen LogP contribution in [0.4, 0.5) is 0 Å².